The van der Waals surface area contributed by atoms with Gasteiger partial charge in [-0.05, 0) is 74.5 Å². The van der Waals surface area contributed by atoms with Gasteiger partial charge in [0.15, 0.2) is 0 Å². The van der Waals surface area contributed by atoms with Crippen LogP contribution in [0.3, 0.4) is 0 Å². The van der Waals surface area contributed by atoms with E-state index in [-0.39, 0.29) is 29.4 Å². The highest BCUT2D eigenvalue weighted by Gasteiger charge is 2.58. The number of carbonyl (C=O) groups is 2. The van der Waals surface area contributed by atoms with Gasteiger partial charge in [-0.2, -0.15) is 0 Å². The fourth-order valence-electron chi connectivity index (χ4n) is 7.39. The number of ether oxygens (including phenoxy) is 2. The minimum absolute atomic E-state index is 0.00341. The molecule has 4 nitrogen and oxygen atoms in total. The maximum Gasteiger partial charge on any atom is 0.309 e. The lowest BCUT2D eigenvalue weighted by Crippen LogP contribution is -2.52. The van der Waals surface area contributed by atoms with Gasteiger partial charge in [0.1, 0.15) is 6.10 Å². The average Bonchev–Trinajstić information content (AvgIpc) is 2.98. The molecule has 0 aromatic rings. The Morgan fingerprint density at radius 1 is 1.11 bits per heavy atom. The predicted octanol–water partition coefficient (Wildman–Crippen LogP) is 4.67. The number of allylic oxidation sites excluding steroid dienone is 2. The second kappa shape index (κ2) is 6.63. The third kappa shape index (κ3) is 2.86. The smallest absolute Gasteiger partial charge is 0.309 e. The summed E-state index contributed by atoms with van der Waals surface area (Å²) in [6.07, 6.45) is 11.2. The lowest BCUT2D eigenvalue weighted by atomic mass is 9.46. The molecule has 4 rings (SSSR count). The van der Waals surface area contributed by atoms with Gasteiger partial charge in [0.2, 0.25) is 0 Å². The number of fused-ring (bicyclic) bond motifs is 5. The minimum Gasteiger partial charge on any atom is -0.469 e. The van der Waals surface area contributed by atoms with E-state index in [9.17, 15) is 9.59 Å². The fourth-order valence-corrected chi connectivity index (χ4v) is 7.39. The molecule has 4 aliphatic rings. The highest BCUT2D eigenvalue weighted by atomic mass is 16.5. The normalized spacial score (nSPS) is 45.8. The molecule has 4 heteroatoms. The maximum absolute atomic E-state index is 12.4. The van der Waals surface area contributed by atoms with Gasteiger partial charge in [0, 0.05) is 12.3 Å². The van der Waals surface area contributed by atoms with Crippen LogP contribution in [0.5, 0.6) is 0 Å². The largest absolute Gasteiger partial charge is 0.469 e. The molecule has 0 heterocycles. The topological polar surface area (TPSA) is 52.6 Å². The first-order valence-corrected chi connectivity index (χ1v) is 10.7. The first-order valence-electron chi connectivity index (χ1n) is 10.7. The van der Waals surface area contributed by atoms with E-state index in [1.54, 1.807) is 5.57 Å². The van der Waals surface area contributed by atoms with E-state index in [1.165, 1.54) is 33.3 Å². The number of hydrogen-bond acceptors (Lipinski definition) is 4. The summed E-state index contributed by atoms with van der Waals surface area (Å²) in [5.74, 6) is 1.79. The van der Waals surface area contributed by atoms with Gasteiger partial charge in [-0.1, -0.05) is 25.5 Å². The van der Waals surface area contributed by atoms with Crippen LogP contribution in [0, 0.1) is 34.5 Å². The molecule has 0 N–H and O–H groups in total. The summed E-state index contributed by atoms with van der Waals surface area (Å²) in [5.41, 5.74) is 1.88. The van der Waals surface area contributed by atoms with E-state index < -0.39 is 0 Å². The molecule has 27 heavy (non-hydrogen) atoms. The van der Waals surface area contributed by atoms with Crippen LogP contribution < -0.4 is 0 Å². The Morgan fingerprint density at radius 3 is 2.59 bits per heavy atom. The molecule has 0 spiro atoms. The van der Waals surface area contributed by atoms with Gasteiger partial charge in [0.05, 0.1) is 13.0 Å². The highest BCUT2D eigenvalue weighted by molar-refractivity contribution is 5.75. The summed E-state index contributed by atoms with van der Waals surface area (Å²) in [7, 11) is 1.52. The summed E-state index contributed by atoms with van der Waals surface area (Å²) in [6, 6.07) is 0. The zero-order chi connectivity index (χ0) is 19.4. The van der Waals surface area contributed by atoms with Crippen LogP contribution >= 0.6 is 0 Å². The van der Waals surface area contributed by atoms with E-state index in [0.717, 1.165) is 32.1 Å². The third-order valence-electron chi connectivity index (χ3n) is 8.84. The van der Waals surface area contributed by atoms with E-state index >= 15 is 0 Å². The number of methoxy groups -OCH3 is 1. The number of esters is 2. The molecule has 7 atom stereocenters. The van der Waals surface area contributed by atoms with Crippen molar-refractivity contribution in [2.45, 2.75) is 78.2 Å². The molecule has 0 radical (unpaired) electrons. The summed E-state index contributed by atoms with van der Waals surface area (Å²) in [4.78, 5) is 23.7. The standard InChI is InChI=1S/C23H34O4/c1-14(24)27-16-9-11-22(2)15(13-16)5-6-17-18-7-8-20(21(25)26-4)23(18,3)12-10-19(17)22/h7,15-17,19-20H,5-6,8-13H2,1-4H3/t15-,16+,17+,19+,20-,22+,23+/m1/s1. The summed E-state index contributed by atoms with van der Waals surface area (Å²) >= 11 is 0. The first kappa shape index (κ1) is 19.0. The molecule has 0 bridgehead atoms. The predicted molar refractivity (Wildman–Crippen MR) is 103 cm³/mol. The molecule has 0 aromatic carbocycles. The average molecular weight is 375 g/mol. The number of rotatable bonds is 2. The van der Waals surface area contributed by atoms with Crippen LogP contribution in [0.25, 0.3) is 0 Å². The van der Waals surface area contributed by atoms with Crippen molar-refractivity contribution in [3.63, 3.8) is 0 Å². The maximum atomic E-state index is 12.4. The van der Waals surface area contributed by atoms with Crippen LogP contribution in [0.1, 0.15) is 72.1 Å². The van der Waals surface area contributed by atoms with Gasteiger partial charge < -0.3 is 9.47 Å². The molecule has 0 aromatic heterocycles. The van der Waals surface area contributed by atoms with Crippen molar-refractivity contribution >= 4 is 11.9 Å². The Balaban J connectivity index is 1.54. The van der Waals surface area contributed by atoms with Crippen LogP contribution in [0.4, 0.5) is 0 Å². The number of hydrogen-bond donors (Lipinski definition) is 0. The highest BCUT2D eigenvalue weighted by Crippen LogP contribution is 2.66. The monoisotopic (exact) mass is 374 g/mol. The molecule has 3 saturated carbocycles. The zero-order valence-electron chi connectivity index (χ0n) is 17.3. The molecule has 150 valence electrons. The first-order chi connectivity index (χ1) is 12.8. The van der Waals surface area contributed by atoms with E-state index in [4.69, 9.17) is 9.47 Å². The Morgan fingerprint density at radius 2 is 1.89 bits per heavy atom. The molecule has 0 unspecified atom stereocenters. The molecular formula is C23H34O4. The van der Waals surface area contributed by atoms with Crippen LogP contribution in [-0.2, 0) is 19.1 Å². The van der Waals surface area contributed by atoms with E-state index in [0.29, 0.717) is 23.2 Å². The Bertz CT molecular complexity index is 667. The molecule has 4 aliphatic carbocycles. The second-order valence-corrected chi connectivity index (χ2v) is 9.93. The van der Waals surface area contributed by atoms with Crippen molar-refractivity contribution in [1.29, 1.82) is 0 Å². The Labute approximate surface area is 163 Å². The second-order valence-electron chi connectivity index (χ2n) is 9.93. The van der Waals surface area contributed by atoms with Crippen molar-refractivity contribution in [2.75, 3.05) is 7.11 Å². The van der Waals surface area contributed by atoms with E-state index in [1.807, 2.05) is 0 Å². The Hall–Kier alpha value is -1.32. The number of carbonyl (C=O) groups excluding carboxylic acids is 2. The summed E-state index contributed by atoms with van der Waals surface area (Å²) in [6.45, 7) is 6.32. The quantitative estimate of drug-likeness (QED) is 0.521. The van der Waals surface area contributed by atoms with Gasteiger partial charge in [-0.15, -0.1) is 0 Å². The van der Waals surface area contributed by atoms with Gasteiger partial charge >= 0.3 is 11.9 Å². The van der Waals surface area contributed by atoms with Gasteiger partial charge in [-0.3, -0.25) is 9.59 Å². The van der Waals surface area contributed by atoms with Crippen molar-refractivity contribution in [3.05, 3.63) is 11.6 Å². The van der Waals surface area contributed by atoms with E-state index in [2.05, 4.69) is 19.9 Å². The molecule has 3 fully saturated rings. The molecular weight excluding hydrogens is 340 g/mol. The van der Waals surface area contributed by atoms with Gasteiger partial charge in [0.25, 0.3) is 0 Å². The summed E-state index contributed by atoms with van der Waals surface area (Å²) in [5, 5.41) is 0. The van der Waals surface area contributed by atoms with Crippen LogP contribution in [0.15, 0.2) is 11.6 Å². The van der Waals surface area contributed by atoms with Crippen molar-refractivity contribution in [1.82, 2.24) is 0 Å². The Kier molecular flexibility index (Phi) is 4.67. The van der Waals surface area contributed by atoms with Crippen molar-refractivity contribution < 1.29 is 19.1 Å². The lowest BCUT2D eigenvalue weighted by Gasteiger charge is -2.59. The minimum atomic E-state index is -0.143. The fraction of sp³-hybridized carbons (Fsp3) is 0.826. The third-order valence-corrected chi connectivity index (χ3v) is 8.84. The molecule has 0 saturated heterocycles. The van der Waals surface area contributed by atoms with Crippen molar-refractivity contribution in [2.24, 2.45) is 34.5 Å². The van der Waals surface area contributed by atoms with Gasteiger partial charge in [-0.25, -0.2) is 0 Å². The lowest BCUT2D eigenvalue weighted by molar-refractivity contribution is -0.157. The zero-order valence-corrected chi connectivity index (χ0v) is 17.3. The SMILES string of the molecule is COC(=O)[C@H]1CC=C2[C@@H]3CC[C@@H]4C[C@@H](OC(C)=O)CC[C@]4(C)[C@H]3CC[C@@]21C. The van der Waals surface area contributed by atoms with Crippen molar-refractivity contribution in [3.8, 4) is 0 Å². The summed E-state index contributed by atoms with van der Waals surface area (Å²) < 4.78 is 10.7. The van der Waals surface area contributed by atoms with Crippen LogP contribution in [-0.4, -0.2) is 25.2 Å². The molecule has 0 amide bonds. The van der Waals surface area contributed by atoms with Crippen LogP contribution in [0.2, 0.25) is 0 Å². The molecule has 0 aliphatic heterocycles.